The molecular formula is C18H13F3N6O. The van der Waals surface area contributed by atoms with E-state index in [2.05, 4.69) is 25.3 Å². The van der Waals surface area contributed by atoms with Crippen LogP contribution in [0.4, 0.5) is 13.2 Å². The number of aromatic amines is 1. The van der Waals surface area contributed by atoms with Gasteiger partial charge < -0.3 is 4.74 Å². The minimum Gasteiger partial charge on any atom is -0.494 e. The second-order valence-electron chi connectivity index (χ2n) is 5.69. The highest BCUT2D eigenvalue weighted by Gasteiger charge is 2.19. The fraction of sp³-hybridized carbons (Fsp3) is 0.111. The highest BCUT2D eigenvalue weighted by Crippen LogP contribution is 2.27. The fourth-order valence-electron chi connectivity index (χ4n) is 2.62. The number of benzene rings is 2. The molecule has 0 aliphatic heterocycles. The topological polar surface area (TPSA) is 81.5 Å². The van der Waals surface area contributed by atoms with Gasteiger partial charge in [0.05, 0.1) is 12.3 Å². The zero-order valence-electron chi connectivity index (χ0n) is 14.5. The molecule has 0 radical (unpaired) electrons. The van der Waals surface area contributed by atoms with Gasteiger partial charge >= 0.3 is 0 Å². The molecule has 2 heterocycles. The molecule has 10 heteroatoms. The lowest BCUT2D eigenvalue weighted by Crippen LogP contribution is -2.03. The number of rotatable bonds is 5. The molecule has 4 aromatic rings. The molecule has 0 atom stereocenters. The number of ether oxygens (including phenoxy) is 1. The first-order valence-corrected chi connectivity index (χ1v) is 8.27. The highest BCUT2D eigenvalue weighted by molar-refractivity contribution is 5.62. The third-order valence-electron chi connectivity index (χ3n) is 3.87. The second-order valence-corrected chi connectivity index (χ2v) is 5.69. The monoisotopic (exact) mass is 386 g/mol. The minimum atomic E-state index is -1.55. The fourth-order valence-corrected chi connectivity index (χ4v) is 2.62. The Labute approximate surface area is 156 Å². The molecule has 0 aliphatic rings. The van der Waals surface area contributed by atoms with Crippen LogP contribution in [0.5, 0.6) is 5.75 Å². The molecule has 0 unspecified atom stereocenters. The molecule has 0 aliphatic carbocycles. The Kier molecular flexibility index (Phi) is 4.52. The lowest BCUT2D eigenvalue weighted by atomic mass is 10.2. The van der Waals surface area contributed by atoms with Crippen LogP contribution in [-0.4, -0.2) is 36.6 Å². The van der Waals surface area contributed by atoms with Crippen LogP contribution in [0.3, 0.4) is 0 Å². The molecule has 1 N–H and O–H groups in total. The summed E-state index contributed by atoms with van der Waals surface area (Å²) in [7, 11) is 0. The van der Waals surface area contributed by atoms with Gasteiger partial charge in [-0.15, -0.1) is 5.10 Å². The molecule has 142 valence electrons. The van der Waals surface area contributed by atoms with Gasteiger partial charge in [-0.05, 0) is 31.2 Å². The van der Waals surface area contributed by atoms with Crippen LogP contribution in [0.15, 0.2) is 42.7 Å². The Morgan fingerprint density at radius 1 is 1.07 bits per heavy atom. The second kappa shape index (κ2) is 7.14. The first-order valence-electron chi connectivity index (χ1n) is 8.27. The van der Waals surface area contributed by atoms with Crippen molar-refractivity contribution in [2.75, 3.05) is 6.61 Å². The third-order valence-corrected chi connectivity index (χ3v) is 3.87. The first-order chi connectivity index (χ1) is 13.6. The van der Waals surface area contributed by atoms with E-state index in [4.69, 9.17) is 4.74 Å². The van der Waals surface area contributed by atoms with Crippen molar-refractivity contribution < 1.29 is 17.9 Å². The SMILES string of the molecule is CCOc1ccc(-c2nc(-c3ncn[nH]3)nn2-c2cc(F)c(F)c(F)c2)cc1. The Balaban J connectivity index is 1.87. The summed E-state index contributed by atoms with van der Waals surface area (Å²) >= 11 is 0. The van der Waals surface area contributed by atoms with Crippen molar-refractivity contribution in [3.8, 4) is 34.5 Å². The zero-order valence-corrected chi connectivity index (χ0v) is 14.5. The van der Waals surface area contributed by atoms with Crippen LogP contribution < -0.4 is 4.74 Å². The Bertz CT molecular complexity index is 1090. The van der Waals surface area contributed by atoms with Crippen molar-refractivity contribution in [2.24, 2.45) is 0 Å². The minimum absolute atomic E-state index is 0.0291. The summed E-state index contributed by atoms with van der Waals surface area (Å²) in [6.07, 6.45) is 1.28. The van der Waals surface area contributed by atoms with Crippen LogP contribution in [0.2, 0.25) is 0 Å². The molecule has 0 bridgehead atoms. The predicted molar refractivity (Wildman–Crippen MR) is 93.2 cm³/mol. The largest absolute Gasteiger partial charge is 0.494 e. The number of aromatic nitrogens is 6. The summed E-state index contributed by atoms with van der Waals surface area (Å²) in [6, 6.07) is 8.61. The molecule has 0 saturated heterocycles. The summed E-state index contributed by atoms with van der Waals surface area (Å²) < 4.78 is 47.5. The van der Waals surface area contributed by atoms with Gasteiger partial charge in [-0.3, -0.25) is 5.10 Å². The maximum atomic E-state index is 13.8. The van der Waals surface area contributed by atoms with Crippen molar-refractivity contribution in [1.29, 1.82) is 0 Å². The number of halogens is 3. The molecule has 2 aromatic carbocycles. The Hall–Kier alpha value is -3.69. The molecule has 28 heavy (non-hydrogen) atoms. The van der Waals surface area contributed by atoms with Gasteiger partial charge in [-0.25, -0.2) is 27.8 Å². The van der Waals surface area contributed by atoms with Crippen LogP contribution in [0.25, 0.3) is 28.7 Å². The van der Waals surface area contributed by atoms with Gasteiger partial charge in [-0.1, -0.05) is 0 Å². The quantitative estimate of drug-likeness (QED) is 0.531. The van der Waals surface area contributed by atoms with Gasteiger partial charge in [0.1, 0.15) is 12.1 Å². The average Bonchev–Trinajstić information content (AvgIpc) is 3.36. The van der Waals surface area contributed by atoms with E-state index >= 15 is 0 Å². The Morgan fingerprint density at radius 3 is 2.39 bits per heavy atom. The molecule has 7 nitrogen and oxygen atoms in total. The maximum Gasteiger partial charge on any atom is 0.219 e. The number of nitrogens with zero attached hydrogens (tertiary/aromatic N) is 5. The van der Waals surface area contributed by atoms with Gasteiger partial charge in [0.15, 0.2) is 29.1 Å². The van der Waals surface area contributed by atoms with Crippen molar-refractivity contribution in [3.63, 3.8) is 0 Å². The number of nitrogens with one attached hydrogen (secondary N) is 1. The molecule has 2 aromatic heterocycles. The molecule has 0 saturated carbocycles. The smallest absolute Gasteiger partial charge is 0.219 e. The van der Waals surface area contributed by atoms with Crippen molar-refractivity contribution >= 4 is 0 Å². The number of hydrogen-bond donors (Lipinski definition) is 1. The lowest BCUT2D eigenvalue weighted by molar-refractivity contribution is 0.340. The summed E-state index contributed by atoms with van der Waals surface area (Å²) in [6.45, 7) is 2.38. The standard InChI is InChI=1S/C18H13F3N6O/c1-2-28-12-5-3-10(4-6-12)18-24-17(16-22-9-23-25-16)26-27(18)11-7-13(19)15(21)14(20)8-11/h3-9H,2H2,1H3,(H,22,23,25). The van der Waals surface area contributed by atoms with Crippen molar-refractivity contribution in [2.45, 2.75) is 6.92 Å². The van der Waals surface area contributed by atoms with Crippen molar-refractivity contribution in [1.82, 2.24) is 29.9 Å². The summed E-state index contributed by atoms with van der Waals surface area (Å²) in [5, 5.41) is 10.6. The average molecular weight is 386 g/mol. The van der Waals surface area contributed by atoms with E-state index in [0.29, 0.717) is 17.9 Å². The highest BCUT2D eigenvalue weighted by atomic mass is 19.2. The number of H-pyrrole nitrogens is 1. The van der Waals surface area contributed by atoms with E-state index in [1.54, 1.807) is 24.3 Å². The Morgan fingerprint density at radius 2 is 1.79 bits per heavy atom. The van der Waals surface area contributed by atoms with E-state index in [1.165, 1.54) is 11.0 Å². The first kappa shape index (κ1) is 17.7. The third kappa shape index (κ3) is 3.20. The normalized spacial score (nSPS) is 11.0. The van der Waals surface area contributed by atoms with Crippen LogP contribution in [0.1, 0.15) is 6.92 Å². The summed E-state index contributed by atoms with van der Waals surface area (Å²) in [4.78, 5) is 8.38. The molecule has 0 spiro atoms. The summed E-state index contributed by atoms with van der Waals surface area (Å²) in [5.74, 6) is -2.84. The predicted octanol–water partition coefficient (Wildman–Crippen LogP) is 3.54. The molecule has 0 amide bonds. The van der Waals surface area contributed by atoms with Gasteiger partial charge in [0.2, 0.25) is 5.82 Å². The summed E-state index contributed by atoms with van der Waals surface area (Å²) in [5.41, 5.74) is 0.574. The lowest BCUT2D eigenvalue weighted by Gasteiger charge is -2.08. The van der Waals surface area contributed by atoms with E-state index in [1.807, 2.05) is 6.92 Å². The molecule has 0 fully saturated rings. The maximum absolute atomic E-state index is 13.8. The van der Waals surface area contributed by atoms with E-state index < -0.39 is 17.5 Å². The van der Waals surface area contributed by atoms with Crippen molar-refractivity contribution in [3.05, 3.63) is 60.2 Å². The van der Waals surface area contributed by atoms with E-state index in [-0.39, 0.29) is 23.2 Å². The van der Waals surface area contributed by atoms with E-state index in [0.717, 1.165) is 12.1 Å². The molecular weight excluding hydrogens is 373 g/mol. The van der Waals surface area contributed by atoms with Gasteiger partial charge in [-0.2, -0.15) is 5.10 Å². The zero-order chi connectivity index (χ0) is 19.7. The van der Waals surface area contributed by atoms with Crippen LogP contribution >= 0.6 is 0 Å². The van der Waals surface area contributed by atoms with Crippen LogP contribution in [-0.2, 0) is 0 Å². The van der Waals surface area contributed by atoms with E-state index in [9.17, 15) is 13.2 Å². The molecule has 4 rings (SSSR count). The van der Waals surface area contributed by atoms with Crippen LogP contribution in [0, 0.1) is 17.5 Å². The van der Waals surface area contributed by atoms with Gasteiger partial charge in [0.25, 0.3) is 0 Å². The number of hydrogen-bond acceptors (Lipinski definition) is 5. The van der Waals surface area contributed by atoms with Gasteiger partial charge in [0, 0.05) is 17.7 Å².